The molecular weight excluding hydrogens is 169 g/mol. The van der Waals surface area contributed by atoms with Gasteiger partial charge >= 0.3 is 0 Å². The van der Waals surface area contributed by atoms with Crippen LogP contribution in [0.4, 0.5) is 4.39 Å². The summed E-state index contributed by atoms with van der Waals surface area (Å²) in [6, 6.07) is 0. The second-order valence-corrected chi connectivity index (χ2v) is 5.54. The lowest BCUT2D eigenvalue weighted by molar-refractivity contribution is 0.207. The highest BCUT2D eigenvalue weighted by Crippen LogP contribution is 2.23. The van der Waals surface area contributed by atoms with E-state index in [1.165, 1.54) is 6.92 Å². The molecule has 1 saturated heterocycles. The summed E-state index contributed by atoms with van der Waals surface area (Å²) in [6.07, 6.45) is -1.15. The Labute approximate surface area is 65.7 Å². The third-order valence-corrected chi connectivity index (χ3v) is 3.85. The highest BCUT2D eigenvalue weighted by molar-refractivity contribution is 7.91. The van der Waals surface area contributed by atoms with Gasteiger partial charge in [-0.1, -0.05) is 0 Å². The zero-order chi connectivity index (χ0) is 8.70. The van der Waals surface area contributed by atoms with E-state index in [9.17, 15) is 12.8 Å². The average molecular weight is 181 g/mol. The van der Waals surface area contributed by atoms with E-state index in [2.05, 4.69) is 0 Å². The molecule has 1 aliphatic heterocycles. The molecule has 0 aromatic carbocycles. The molecule has 2 N–H and O–H groups in total. The summed E-state index contributed by atoms with van der Waals surface area (Å²) in [4.78, 5) is 0. The zero-order valence-corrected chi connectivity index (χ0v) is 7.20. The van der Waals surface area contributed by atoms with Crippen LogP contribution in [-0.4, -0.2) is 31.6 Å². The van der Waals surface area contributed by atoms with Crippen molar-refractivity contribution in [3.8, 4) is 0 Å². The number of alkyl halides is 1. The van der Waals surface area contributed by atoms with Gasteiger partial charge in [-0.25, -0.2) is 12.8 Å². The molecule has 0 amide bonds. The smallest absolute Gasteiger partial charge is 0.152 e. The van der Waals surface area contributed by atoms with Crippen molar-refractivity contribution in [2.24, 2.45) is 5.73 Å². The Balaban J connectivity index is 2.83. The Morgan fingerprint density at radius 3 is 2.55 bits per heavy atom. The van der Waals surface area contributed by atoms with E-state index in [1.54, 1.807) is 0 Å². The fraction of sp³-hybridized carbons (Fsp3) is 1.00. The molecule has 0 spiro atoms. The monoisotopic (exact) mass is 181 g/mol. The summed E-state index contributed by atoms with van der Waals surface area (Å²) in [7, 11) is -3.09. The third-order valence-electron chi connectivity index (χ3n) is 1.93. The minimum absolute atomic E-state index is 0.0370. The molecule has 3 nitrogen and oxygen atoms in total. The predicted molar refractivity (Wildman–Crippen MR) is 40.8 cm³/mol. The Morgan fingerprint density at radius 2 is 2.18 bits per heavy atom. The van der Waals surface area contributed by atoms with Gasteiger partial charge in [-0.2, -0.15) is 0 Å². The second kappa shape index (κ2) is 2.42. The van der Waals surface area contributed by atoms with Crippen LogP contribution in [0.15, 0.2) is 0 Å². The molecule has 2 unspecified atom stereocenters. The van der Waals surface area contributed by atoms with Crippen molar-refractivity contribution in [2.45, 2.75) is 25.1 Å². The summed E-state index contributed by atoms with van der Waals surface area (Å²) in [6.45, 7) is 1.44. The number of nitrogens with two attached hydrogens (primary N) is 1. The predicted octanol–water partition coefficient (Wildman–Crippen LogP) is -0.140. The van der Waals surface area contributed by atoms with Crippen LogP contribution in [0.1, 0.15) is 13.3 Å². The van der Waals surface area contributed by atoms with Crippen LogP contribution in [0, 0.1) is 0 Å². The van der Waals surface area contributed by atoms with Gasteiger partial charge < -0.3 is 5.73 Å². The van der Waals surface area contributed by atoms with E-state index < -0.39 is 21.5 Å². The van der Waals surface area contributed by atoms with E-state index >= 15 is 0 Å². The van der Waals surface area contributed by atoms with Gasteiger partial charge in [0.05, 0.1) is 17.0 Å². The minimum Gasteiger partial charge on any atom is -0.322 e. The van der Waals surface area contributed by atoms with Crippen molar-refractivity contribution in [3.63, 3.8) is 0 Å². The van der Waals surface area contributed by atoms with Crippen LogP contribution in [0.25, 0.3) is 0 Å². The van der Waals surface area contributed by atoms with Gasteiger partial charge in [0, 0.05) is 0 Å². The summed E-state index contributed by atoms with van der Waals surface area (Å²) in [5.74, 6) is -0.303. The normalized spacial score (nSPS) is 43.7. The number of hydrogen-bond acceptors (Lipinski definition) is 3. The van der Waals surface area contributed by atoms with Crippen molar-refractivity contribution in [1.29, 1.82) is 0 Å². The first-order valence-corrected chi connectivity index (χ1v) is 5.29. The summed E-state index contributed by atoms with van der Waals surface area (Å²) >= 11 is 0. The molecule has 0 aromatic rings. The maximum atomic E-state index is 12.9. The van der Waals surface area contributed by atoms with Crippen LogP contribution in [0.2, 0.25) is 0 Å². The number of hydrogen-bond donors (Lipinski definition) is 1. The molecule has 0 aliphatic carbocycles. The minimum atomic E-state index is -3.09. The number of halogens is 1. The van der Waals surface area contributed by atoms with E-state index in [1.807, 2.05) is 0 Å². The molecule has 1 rings (SSSR count). The standard InChI is InChI=1S/C6H12FNO2S/c1-6(8)4-11(9,10)3-2-5(6)7/h5H,2-4,8H2,1H3. The van der Waals surface area contributed by atoms with Gasteiger partial charge in [-0.3, -0.25) is 0 Å². The number of rotatable bonds is 0. The molecule has 66 valence electrons. The number of sulfone groups is 1. The topological polar surface area (TPSA) is 60.2 Å². The van der Waals surface area contributed by atoms with Crippen molar-refractivity contribution in [1.82, 2.24) is 0 Å². The lowest BCUT2D eigenvalue weighted by atomic mass is 9.97. The van der Waals surface area contributed by atoms with E-state index in [0.717, 1.165) is 0 Å². The van der Waals surface area contributed by atoms with E-state index in [-0.39, 0.29) is 17.9 Å². The summed E-state index contributed by atoms with van der Waals surface area (Å²) in [5.41, 5.74) is 4.26. The maximum absolute atomic E-state index is 12.9. The SMILES string of the molecule is CC1(N)CS(=O)(=O)CCC1F. The van der Waals surface area contributed by atoms with Crippen molar-refractivity contribution < 1.29 is 12.8 Å². The van der Waals surface area contributed by atoms with Gasteiger partial charge in [0.15, 0.2) is 9.84 Å². The van der Waals surface area contributed by atoms with Gasteiger partial charge in [-0.15, -0.1) is 0 Å². The lowest BCUT2D eigenvalue weighted by Gasteiger charge is -2.32. The molecule has 2 atom stereocenters. The Hall–Kier alpha value is -0.160. The van der Waals surface area contributed by atoms with Gasteiger partial charge in [-0.05, 0) is 13.3 Å². The maximum Gasteiger partial charge on any atom is 0.152 e. The molecule has 0 saturated carbocycles. The molecule has 1 aliphatic rings. The van der Waals surface area contributed by atoms with Crippen LogP contribution < -0.4 is 5.73 Å². The summed E-state index contributed by atoms with van der Waals surface area (Å²) < 4.78 is 34.8. The van der Waals surface area contributed by atoms with Crippen LogP contribution >= 0.6 is 0 Å². The van der Waals surface area contributed by atoms with Gasteiger partial charge in [0.1, 0.15) is 6.17 Å². The highest BCUT2D eigenvalue weighted by atomic mass is 32.2. The first kappa shape index (κ1) is 8.93. The zero-order valence-electron chi connectivity index (χ0n) is 6.38. The fourth-order valence-corrected chi connectivity index (χ4v) is 3.09. The molecular formula is C6H12FNO2S. The van der Waals surface area contributed by atoms with E-state index in [4.69, 9.17) is 5.73 Å². The Bertz CT molecular complexity index is 247. The Kier molecular flexibility index (Phi) is 1.96. The van der Waals surface area contributed by atoms with Crippen molar-refractivity contribution in [3.05, 3.63) is 0 Å². The first-order chi connectivity index (χ1) is 4.83. The van der Waals surface area contributed by atoms with Gasteiger partial charge in [0.2, 0.25) is 0 Å². The largest absolute Gasteiger partial charge is 0.322 e. The first-order valence-electron chi connectivity index (χ1n) is 3.47. The molecule has 0 bridgehead atoms. The molecule has 5 heteroatoms. The molecule has 1 fully saturated rings. The van der Waals surface area contributed by atoms with Crippen LogP contribution in [0.5, 0.6) is 0 Å². The second-order valence-electron chi connectivity index (χ2n) is 3.35. The summed E-state index contributed by atoms with van der Waals surface area (Å²) in [5, 5.41) is 0. The van der Waals surface area contributed by atoms with Crippen molar-refractivity contribution >= 4 is 9.84 Å². The quantitative estimate of drug-likeness (QED) is 0.566. The third kappa shape index (κ3) is 1.90. The molecule has 0 aromatic heterocycles. The van der Waals surface area contributed by atoms with Gasteiger partial charge in [0.25, 0.3) is 0 Å². The average Bonchev–Trinajstić information content (AvgIpc) is 1.77. The fourth-order valence-electron chi connectivity index (χ4n) is 1.25. The Morgan fingerprint density at radius 1 is 1.64 bits per heavy atom. The molecule has 1 heterocycles. The molecule has 0 radical (unpaired) electrons. The van der Waals surface area contributed by atoms with Crippen molar-refractivity contribution in [2.75, 3.05) is 11.5 Å². The van der Waals surface area contributed by atoms with Crippen LogP contribution in [0.3, 0.4) is 0 Å². The van der Waals surface area contributed by atoms with Crippen LogP contribution in [-0.2, 0) is 9.84 Å². The highest BCUT2D eigenvalue weighted by Gasteiger charge is 2.40. The molecule has 11 heavy (non-hydrogen) atoms. The van der Waals surface area contributed by atoms with E-state index in [0.29, 0.717) is 0 Å². The lowest BCUT2D eigenvalue weighted by Crippen LogP contribution is -2.55.